The van der Waals surface area contributed by atoms with Gasteiger partial charge in [-0.15, -0.1) is 0 Å². The van der Waals surface area contributed by atoms with E-state index in [9.17, 15) is 0 Å². The largest absolute Gasteiger partial charge is 0.456 e. The van der Waals surface area contributed by atoms with Crippen LogP contribution in [-0.4, -0.2) is 17.8 Å². The molecule has 11 rings (SSSR count). The molecule has 0 saturated carbocycles. The Bertz CT molecular complexity index is 2670. The summed E-state index contributed by atoms with van der Waals surface area (Å²) in [4.78, 5) is 5.17. The predicted molar refractivity (Wildman–Crippen MR) is 207 cm³/mol. The summed E-state index contributed by atoms with van der Waals surface area (Å²) in [6, 6.07) is 40.8. The van der Waals surface area contributed by atoms with Crippen LogP contribution >= 0.6 is 0 Å². The number of ether oxygens (including phenoxy) is 1. The highest BCUT2D eigenvalue weighted by molar-refractivity contribution is 6.08. The van der Waals surface area contributed by atoms with Crippen LogP contribution in [0.4, 0.5) is 17.1 Å². The quantitative estimate of drug-likeness (QED) is 0.163. The van der Waals surface area contributed by atoms with Crippen molar-refractivity contribution < 1.29 is 9.30 Å². The molecule has 0 radical (unpaired) electrons. The second-order valence-electron chi connectivity index (χ2n) is 17.0. The molecule has 0 fully saturated rings. The molecule has 4 aliphatic rings. The number of anilines is 3. The van der Waals surface area contributed by atoms with Crippen LogP contribution in [0.5, 0.6) is 11.5 Å². The lowest BCUT2D eigenvalue weighted by molar-refractivity contribution is -0.725. The molecule has 0 amide bonds. The standard InChI is InChI=1S/C46H41N4O/c1-44(2,3)29-23-36-40-38(25-29)51-39-26-30(45(4,5)6)24-37-41(39)46(40,48-21-13-17-32-31-16-11-12-18-33(31)49(36)42(32)48)43-47(7)35-22-28(19-20-34(35)50(37)43)27-14-9-8-10-15-27/h8-26,43H,1-7H3/q+1. The molecule has 6 heterocycles. The molecule has 4 aliphatic heterocycles. The van der Waals surface area contributed by atoms with Crippen molar-refractivity contribution >= 4 is 39.0 Å². The van der Waals surface area contributed by atoms with Gasteiger partial charge in [0.25, 0.3) is 5.65 Å². The van der Waals surface area contributed by atoms with Crippen molar-refractivity contribution in [2.45, 2.75) is 64.1 Å². The number of nitrogens with zero attached hydrogens (tertiary/aromatic N) is 4. The zero-order chi connectivity index (χ0) is 34.8. The van der Waals surface area contributed by atoms with Crippen LogP contribution in [0.2, 0.25) is 0 Å². The number of hydrogen-bond donors (Lipinski definition) is 0. The van der Waals surface area contributed by atoms with E-state index in [1.165, 1.54) is 78.1 Å². The van der Waals surface area contributed by atoms with Gasteiger partial charge in [-0.2, -0.15) is 4.57 Å². The predicted octanol–water partition coefficient (Wildman–Crippen LogP) is 10.5. The molecule has 2 unspecified atom stereocenters. The van der Waals surface area contributed by atoms with E-state index in [1.807, 2.05) is 0 Å². The minimum Gasteiger partial charge on any atom is -0.456 e. The normalized spacial score (nSPS) is 19.2. The number of pyridine rings is 1. The average molecular weight is 666 g/mol. The van der Waals surface area contributed by atoms with E-state index in [0.717, 1.165) is 11.5 Å². The first-order valence-electron chi connectivity index (χ1n) is 18.2. The van der Waals surface area contributed by atoms with Crippen LogP contribution in [0.25, 0.3) is 38.8 Å². The van der Waals surface area contributed by atoms with Crippen molar-refractivity contribution in [3.8, 4) is 28.3 Å². The van der Waals surface area contributed by atoms with E-state index in [0.29, 0.717) is 0 Å². The molecule has 2 atom stereocenters. The van der Waals surface area contributed by atoms with Crippen LogP contribution in [0.3, 0.4) is 0 Å². The van der Waals surface area contributed by atoms with Gasteiger partial charge in [0.05, 0.1) is 39.8 Å². The minimum absolute atomic E-state index is 0.0728. The SMILES string of the molecule is CN1c2cc(-c3ccccc3)ccc2N2c3cc(C(C)(C)C)cc4c3C3(c5c(cc(C(C)(C)C)cc5-n5c6ccccc6c6ccc[n+]3c65)O4)C12. The fourth-order valence-corrected chi connectivity index (χ4v) is 9.69. The van der Waals surface area contributed by atoms with Gasteiger partial charge in [0.2, 0.25) is 5.54 Å². The van der Waals surface area contributed by atoms with Gasteiger partial charge in [0.1, 0.15) is 22.7 Å². The zero-order valence-corrected chi connectivity index (χ0v) is 30.2. The summed E-state index contributed by atoms with van der Waals surface area (Å²) >= 11 is 0. The minimum atomic E-state index is -0.606. The zero-order valence-electron chi connectivity index (χ0n) is 30.2. The molecule has 0 saturated heterocycles. The Balaban J connectivity index is 1.32. The van der Waals surface area contributed by atoms with Gasteiger partial charge >= 0.3 is 0 Å². The molecule has 1 spiro atoms. The first-order valence-corrected chi connectivity index (χ1v) is 18.2. The molecule has 5 aromatic carbocycles. The van der Waals surface area contributed by atoms with E-state index in [1.54, 1.807) is 0 Å². The van der Waals surface area contributed by atoms with Crippen molar-refractivity contribution in [2.75, 3.05) is 16.8 Å². The van der Waals surface area contributed by atoms with E-state index in [4.69, 9.17) is 4.74 Å². The van der Waals surface area contributed by atoms with Crippen LogP contribution in [0, 0.1) is 0 Å². The Morgan fingerprint density at radius 2 is 1.25 bits per heavy atom. The monoisotopic (exact) mass is 665 g/mol. The third-order valence-corrected chi connectivity index (χ3v) is 12.1. The summed E-state index contributed by atoms with van der Waals surface area (Å²) in [6.07, 6.45) is 2.25. The number of aromatic nitrogens is 2. The number of para-hydroxylation sites is 1. The Morgan fingerprint density at radius 1 is 0.608 bits per heavy atom. The van der Waals surface area contributed by atoms with Gasteiger partial charge < -0.3 is 14.5 Å². The topological polar surface area (TPSA) is 24.5 Å². The third kappa shape index (κ3) is 3.45. The van der Waals surface area contributed by atoms with Crippen molar-refractivity contribution in [3.05, 3.63) is 138 Å². The molecule has 5 nitrogen and oxygen atoms in total. The van der Waals surface area contributed by atoms with Crippen LogP contribution < -0.4 is 19.1 Å². The molecule has 7 aromatic rings. The first-order chi connectivity index (χ1) is 24.5. The number of hydrogen-bond acceptors (Lipinski definition) is 3. The fourth-order valence-electron chi connectivity index (χ4n) is 9.69. The maximum absolute atomic E-state index is 7.28. The second kappa shape index (κ2) is 9.21. The van der Waals surface area contributed by atoms with Crippen LogP contribution in [0.15, 0.2) is 115 Å². The summed E-state index contributed by atoms with van der Waals surface area (Å²) in [6.45, 7) is 13.8. The Kier molecular flexibility index (Phi) is 5.27. The highest BCUT2D eigenvalue weighted by Crippen LogP contribution is 2.66. The van der Waals surface area contributed by atoms with E-state index in [-0.39, 0.29) is 17.0 Å². The molecule has 0 bridgehead atoms. The van der Waals surface area contributed by atoms with Crippen LogP contribution in [-0.2, 0) is 16.4 Å². The van der Waals surface area contributed by atoms with Crippen LogP contribution in [0.1, 0.15) is 63.8 Å². The number of benzene rings is 5. The van der Waals surface area contributed by atoms with Crippen molar-refractivity contribution in [1.29, 1.82) is 0 Å². The van der Waals surface area contributed by atoms with E-state index >= 15 is 0 Å². The molecule has 0 aliphatic carbocycles. The van der Waals surface area contributed by atoms with Crippen molar-refractivity contribution in [1.82, 2.24) is 4.57 Å². The molecule has 250 valence electrons. The Labute approximate surface area is 298 Å². The highest BCUT2D eigenvalue weighted by Gasteiger charge is 2.69. The second-order valence-corrected chi connectivity index (χ2v) is 17.0. The third-order valence-electron chi connectivity index (χ3n) is 12.1. The molecule has 5 heteroatoms. The Hall–Kier alpha value is -5.55. The summed E-state index contributed by atoms with van der Waals surface area (Å²) in [7, 11) is 2.30. The lowest BCUT2D eigenvalue weighted by Crippen LogP contribution is -2.70. The number of fused-ring (bicyclic) bond motifs is 8. The van der Waals surface area contributed by atoms with E-state index < -0.39 is 5.54 Å². The highest BCUT2D eigenvalue weighted by atomic mass is 16.5. The van der Waals surface area contributed by atoms with Gasteiger partial charge in [-0.3, -0.25) is 0 Å². The van der Waals surface area contributed by atoms with Gasteiger partial charge in [0, 0.05) is 12.4 Å². The summed E-state index contributed by atoms with van der Waals surface area (Å²) in [5.41, 5.74) is 14.1. The number of rotatable bonds is 1. The first kappa shape index (κ1) is 29.2. The molecular weight excluding hydrogens is 625 g/mol. The van der Waals surface area contributed by atoms with Gasteiger partial charge in [-0.1, -0.05) is 90.1 Å². The summed E-state index contributed by atoms with van der Waals surface area (Å²) in [5.74, 6) is 1.91. The molecular formula is C46H41N4O+. The number of likely N-dealkylation sites (N-methyl/N-ethyl adjacent to an activating group) is 1. The van der Waals surface area contributed by atoms with Crippen molar-refractivity contribution in [3.63, 3.8) is 0 Å². The molecule has 51 heavy (non-hydrogen) atoms. The Morgan fingerprint density at radius 3 is 1.98 bits per heavy atom. The van der Waals surface area contributed by atoms with Gasteiger partial charge in [-0.05, 0) is 93.7 Å². The molecule has 0 N–H and O–H groups in total. The average Bonchev–Trinajstić information content (AvgIpc) is 3.72. The van der Waals surface area contributed by atoms with E-state index in [2.05, 4.69) is 183 Å². The summed E-state index contributed by atoms with van der Waals surface area (Å²) < 4.78 is 12.4. The molecule has 2 aromatic heterocycles. The van der Waals surface area contributed by atoms with Gasteiger partial charge in [0.15, 0.2) is 6.17 Å². The van der Waals surface area contributed by atoms with Crippen molar-refractivity contribution in [2.24, 2.45) is 0 Å². The lowest BCUT2D eigenvalue weighted by atomic mass is 9.74. The lowest BCUT2D eigenvalue weighted by Gasteiger charge is -2.44. The fraction of sp³-hybridized carbons (Fsp3) is 0.239. The maximum Gasteiger partial charge on any atom is 0.296 e. The van der Waals surface area contributed by atoms with Gasteiger partial charge in [-0.25, -0.2) is 4.57 Å². The maximum atomic E-state index is 7.28. The summed E-state index contributed by atoms with van der Waals surface area (Å²) in [5, 5.41) is 2.53. The smallest absolute Gasteiger partial charge is 0.296 e.